The van der Waals surface area contributed by atoms with E-state index >= 15 is 0 Å². The summed E-state index contributed by atoms with van der Waals surface area (Å²) in [4.78, 5) is 3.08. The zero-order chi connectivity index (χ0) is 8.95. The van der Waals surface area contributed by atoms with E-state index in [1.807, 2.05) is 13.1 Å². The fourth-order valence-electron chi connectivity index (χ4n) is 0.267. The smallest absolute Gasteiger partial charge is 0.200 e. The first kappa shape index (κ1) is 12.5. The van der Waals surface area contributed by atoms with Crippen LogP contribution in [0.15, 0.2) is 12.7 Å². The number of aliphatic hydroxyl groups is 1. The Morgan fingerprint density at radius 3 is 2.45 bits per heavy atom. The van der Waals surface area contributed by atoms with Gasteiger partial charge in [0.1, 0.15) is 0 Å². The van der Waals surface area contributed by atoms with Gasteiger partial charge in [0.15, 0.2) is 12.2 Å². The van der Waals surface area contributed by atoms with Gasteiger partial charge in [0, 0.05) is 0 Å². The Kier molecular flexibility index (Phi) is 18.1. The van der Waals surface area contributed by atoms with Gasteiger partial charge in [0.25, 0.3) is 0 Å². The van der Waals surface area contributed by atoms with Crippen LogP contribution in [0.25, 0.3) is 0 Å². The minimum atomic E-state index is 1.05. The van der Waals surface area contributed by atoms with Crippen LogP contribution in [0.1, 0.15) is 6.42 Å². The van der Waals surface area contributed by atoms with Crippen molar-refractivity contribution in [2.45, 2.75) is 6.42 Å². The molecule has 0 heterocycles. The highest BCUT2D eigenvalue weighted by Crippen LogP contribution is 1.70. The van der Waals surface area contributed by atoms with E-state index in [1.54, 1.807) is 0 Å². The first-order valence-corrected chi connectivity index (χ1v) is 3.03. The van der Waals surface area contributed by atoms with Gasteiger partial charge >= 0.3 is 0 Å². The van der Waals surface area contributed by atoms with Gasteiger partial charge in [-0.1, -0.05) is 6.08 Å². The lowest BCUT2D eigenvalue weighted by molar-refractivity contribution is -0.172. The Labute approximate surface area is 66.4 Å². The summed E-state index contributed by atoms with van der Waals surface area (Å²) in [5.41, 5.74) is 0. The summed E-state index contributed by atoms with van der Waals surface area (Å²) in [7, 11) is 1.93. The Morgan fingerprint density at radius 2 is 2.36 bits per heavy atom. The Balaban J connectivity index is 0. The van der Waals surface area contributed by atoms with Gasteiger partial charge in [-0.3, -0.25) is 4.89 Å². The molecule has 0 aliphatic rings. The van der Waals surface area contributed by atoms with Crippen LogP contribution in [-0.4, -0.2) is 24.0 Å². The molecule has 11 heavy (non-hydrogen) atoms. The van der Waals surface area contributed by atoms with Gasteiger partial charge < -0.3 is 10.4 Å². The lowest BCUT2D eigenvalue weighted by atomic mass is 10.4. The third-order valence-electron chi connectivity index (χ3n) is 0.690. The van der Waals surface area contributed by atoms with Crippen LogP contribution in [0.4, 0.5) is 0 Å². The van der Waals surface area contributed by atoms with Crippen LogP contribution < -0.4 is 5.32 Å². The summed E-state index contributed by atoms with van der Waals surface area (Å²) < 4.78 is 0. The van der Waals surface area contributed by atoms with Gasteiger partial charge in [0.2, 0.25) is 0 Å². The minimum absolute atomic E-state index is 1.05. The van der Waals surface area contributed by atoms with Crippen LogP contribution in [0.2, 0.25) is 0 Å². The molecule has 0 unspecified atom stereocenters. The molecule has 0 atom stereocenters. The first-order chi connectivity index (χ1) is 5.33. The quantitative estimate of drug-likeness (QED) is 0.185. The fraction of sp³-hybridized carbons (Fsp3) is 0.429. The van der Waals surface area contributed by atoms with Crippen molar-refractivity contribution in [2.75, 3.05) is 13.6 Å². The van der Waals surface area contributed by atoms with Gasteiger partial charge in [-0.15, -0.1) is 6.58 Å². The van der Waals surface area contributed by atoms with E-state index in [1.165, 1.54) is 12.2 Å². The standard InChI is InChI=1S/C5H11N.C2H2O3/c1-3-4-5-6-2;3-1-2-5-4/h3,6H,1,4-5H2,2H3;3-4H. The molecular formula is C7H13NO3. The molecule has 0 saturated heterocycles. The van der Waals surface area contributed by atoms with Gasteiger partial charge in [-0.25, -0.2) is 0 Å². The van der Waals surface area contributed by atoms with Crippen molar-refractivity contribution in [1.29, 1.82) is 0 Å². The van der Waals surface area contributed by atoms with E-state index in [4.69, 9.17) is 10.4 Å². The van der Waals surface area contributed by atoms with Crippen molar-refractivity contribution in [1.82, 2.24) is 5.32 Å². The van der Waals surface area contributed by atoms with Crippen LogP contribution in [0.5, 0.6) is 0 Å². The SMILES string of the molecule is C=CCCNC.OC#COO. The van der Waals surface area contributed by atoms with Crippen LogP contribution in [0.3, 0.4) is 0 Å². The number of nitrogens with one attached hydrogen (secondary N) is 1. The molecule has 0 fully saturated rings. The van der Waals surface area contributed by atoms with Crippen LogP contribution in [-0.2, 0) is 4.89 Å². The van der Waals surface area contributed by atoms with E-state index in [2.05, 4.69) is 16.8 Å². The summed E-state index contributed by atoms with van der Waals surface area (Å²) in [5.74, 6) is 0. The lowest BCUT2D eigenvalue weighted by Crippen LogP contribution is -2.05. The molecule has 0 aliphatic heterocycles. The van der Waals surface area contributed by atoms with Crippen molar-refractivity contribution in [3.05, 3.63) is 12.7 Å². The third kappa shape index (κ3) is 28.1. The van der Waals surface area contributed by atoms with Gasteiger partial charge in [-0.2, -0.15) is 5.26 Å². The molecule has 0 aliphatic carbocycles. The molecule has 3 N–H and O–H groups in total. The Bertz CT molecular complexity index is 125. The molecular weight excluding hydrogens is 146 g/mol. The van der Waals surface area contributed by atoms with Gasteiger partial charge in [-0.05, 0) is 20.0 Å². The zero-order valence-electron chi connectivity index (χ0n) is 6.50. The third-order valence-corrected chi connectivity index (χ3v) is 0.690. The zero-order valence-corrected chi connectivity index (χ0v) is 6.50. The maximum absolute atomic E-state index is 7.42. The molecule has 0 rings (SSSR count). The molecule has 0 spiro atoms. The largest absolute Gasteiger partial charge is 0.460 e. The molecule has 64 valence electrons. The molecule has 0 amide bonds. The second-order valence-electron chi connectivity index (χ2n) is 1.49. The Hall–Kier alpha value is -1.18. The van der Waals surface area contributed by atoms with E-state index in [9.17, 15) is 0 Å². The van der Waals surface area contributed by atoms with Crippen LogP contribution in [0, 0.1) is 12.2 Å². The van der Waals surface area contributed by atoms with Crippen molar-refractivity contribution < 1.29 is 15.3 Å². The highest BCUT2D eigenvalue weighted by Gasteiger charge is 1.68. The fourth-order valence-corrected chi connectivity index (χ4v) is 0.267. The maximum Gasteiger partial charge on any atom is 0.200 e. The summed E-state index contributed by atoms with van der Waals surface area (Å²) in [6, 6.07) is 0. The van der Waals surface area contributed by atoms with E-state index in [0.29, 0.717) is 0 Å². The monoisotopic (exact) mass is 159 g/mol. The second-order valence-corrected chi connectivity index (χ2v) is 1.49. The summed E-state index contributed by atoms with van der Waals surface area (Å²) >= 11 is 0. The number of aliphatic hydroxyl groups excluding tert-OH is 1. The van der Waals surface area contributed by atoms with E-state index in [0.717, 1.165) is 13.0 Å². The van der Waals surface area contributed by atoms with Crippen molar-refractivity contribution >= 4 is 0 Å². The average molecular weight is 159 g/mol. The number of hydrogen-bond acceptors (Lipinski definition) is 4. The highest BCUT2D eigenvalue weighted by atomic mass is 17.1. The predicted octanol–water partition coefficient (Wildman–Crippen LogP) is 0.549. The topological polar surface area (TPSA) is 61.7 Å². The molecule has 0 bridgehead atoms. The average Bonchev–Trinajstić information content (AvgIpc) is 2.04. The van der Waals surface area contributed by atoms with Crippen molar-refractivity contribution in [3.8, 4) is 12.2 Å². The summed E-state index contributed by atoms with van der Waals surface area (Å²) in [5, 5.41) is 17.7. The molecule has 4 nitrogen and oxygen atoms in total. The van der Waals surface area contributed by atoms with Gasteiger partial charge in [0.05, 0.1) is 0 Å². The van der Waals surface area contributed by atoms with Crippen molar-refractivity contribution in [2.24, 2.45) is 0 Å². The molecule has 0 aromatic carbocycles. The Morgan fingerprint density at radius 1 is 1.73 bits per heavy atom. The molecule has 0 aromatic heterocycles. The number of rotatable bonds is 3. The molecule has 0 saturated carbocycles. The molecule has 0 radical (unpaired) electrons. The molecule has 4 heteroatoms. The summed E-state index contributed by atoms with van der Waals surface area (Å²) in [6.07, 6.45) is 5.73. The highest BCUT2D eigenvalue weighted by molar-refractivity contribution is 4.74. The number of hydrogen-bond donors (Lipinski definition) is 3. The minimum Gasteiger partial charge on any atom is -0.460 e. The maximum atomic E-state index is 7.42. The molecule has 0 aromatic rings. The predicted molar refractivity (Wildman–Crippen MR) is 42.2 cm³/mol. The first-order valence-electron chi connectivity index (χ1n) is 3.03. The van der Waals surface area contributed by atoms with Crippen molar-refractivity contribution in [3.63, 3.8) is 0 Å². The lowest BCUT2D eigenvalue weighted by Gasteiger charge is -1.86. The normalized spacial score (nSPS) is 6.36. The summed E-state index contributed by atoms with van der Waals surface area (Å²) in [6.45, 7) is 4.60. The second kappa shape index (κ2) is 15.9. The van der Waals surface area contributed by atoms with E-state index in [-0.39, 0.29) is 0 Å². The van der Waals surface area contributed by atoms with Crippen LogP contribution >= 0.6 is 0 Å². The van der Waals surface area contributed by atoms with E-state index < -0.39 is 0 Å².